The van der Waals surface area contributed by atoms with E-state index in [4.69, 9.17) is 4.42 Å². The molecule has 1 N–H and O–H groups in total. The molecule has 0 bridgehead atoms. The van der Waals surface area contributed by atoms with Crippen molar-refractivity contribution in [1.29, 1.82) is 0 Å². The van der Waals surface area contributed by atoms with Crippen molar-refractivity contribution >= 4 is 23.2 Å². The van der Waals surface area contributed by atoms with Crippen LogP contribution in [0, 0.1) is 5.92 Å². The Hall–Kier alpha value is -2.76. The van der Waals surface area contributed by atoms with Crippen LogP contribution in [0.1, 0.15) is 50.2 Å². The lowest BCUT2D eigenvalue weighted by atomic mass is 10.1. The largest absolute Gasteiger partial charge is 0.459 e. The van der Waals surface area contributed by atoms with E-state index in [1.165, 1.54) is 6.26 Å². The van der Waals surface area contributed by atoms with Crippen LogP contribution in [0.3, 0.4) is 0 Å². The highest BCUT2D eigenvalue weighted by atomic mass is 16.3. The van der Waals surface area contributed by atoms with Gasteiger partial charge in [-0.1, -0.05) is 20.8 Å². The van der Waals surface area contributed by atoms with Crippen molar-refractivity contribution in [2.75, 3.05) is 24.3 Å². The first-order valence-electron chi connectivity index (χ1n) is 9.70. The van der Waals surface area contributed by atoms with Crippen LogP contribution in [0.4, 0.5) is 11.4 Å². The third-order valence-electron chi connectivity index (χ3n) is 4.80. The van der Waals surface area contributed by atoms with Gasteiger partial charge in [-0.05, 0) is 49.2 Å². The highest BCUT2D eigenvalue weighted by molar-refractivity contribution is 6.02. The molecule has 0 saturated heterocycles. The monoisotopic (exact) mass is 385 g/mol. The highest BCUT2D eigenvalue weighted by Crippen LogP contribution is 2.26. The number of carbonyl (C=O) groups excluding carboxylic acids is 2. The Balaban J connectivity index is 2.33. The summed E-state index contributed by atoms with van der Waals surface area (Å²) in [6, 6.07) is 9.18. The van der Waals surface area contributed by atoms with Gasteiger partial charge in [0.15, 0.2) is 5.76 Å². The zero-order valence-corrected chi connectivity index (χ0v) is 17.7. The van der Waals surface area contributed by atoms with Gasteiger partial charge < -0.3 is 19.5 Å². The van der Waals surface area contributed by atoms with E-state index in [0.717, 1.165) is 17.7 Å². The second-order valence-corrected chi connectivity index (χ2v) is 7.55. The highest BCUT2D eigenvalue weighted by Gasteiger charge is 2.23. The minimum Gasteiger partial charge on any atom is -0.459 e. The molecule has 2 aromatic rings. The van der Waals surface area contributed by atoms with Gasteiger partial charge in [0.1, 0.15) is 0 Å². The van der Waals surface area contributed by atoms with Crippen LogP contribution in [0.25, 0.3) is 0 Å². The Morgan fingerprint density at radius 3 is 2.39 bits per heavy atom. The number of hydrogen-bond donors (Lipinski definition) is 1. The van der Waals surface area contributed by atoms with Crippen molar-refractivity contribution in [2.24, 2.45) is 5.92 Å². The number of furan rings is 1. The van der Waals surface area contributed by atoms with E-state index in [1.807, 2.05) is 55.9 Å². The van der Waals surface area contributed by atoms with E-state index in [9.17, 15) is 9.59 Å². The number of benzene rings is 1. The van der Waals surface area contributed by atoms with Gasteiger partial charge in [-0.3, -0.25) is 9.59 Å². The molecule has 6 heteroatoms. The first kappa shape index (κ1) is 21.5. The van der Waals surface area contributed by atoms with Crippen molar-refractivity contribution in [3.05, 3.63) is 47.9 Å². The van der Waals surface area contributed by atoms with Gasteiger partial charge in [0.05, 0.1) is 6.26 Å². The zero-order chi connectivity index (χ0) is 20.8. The topological polar surface area (TPSA) is 65.8 Å². The molecule has 0 saturated carbocycles. The number of amides is 2. The van der Waals surface area contributed by atoms with Gasteiger partial charge in [-0.25, -0.2) is 0 Å². The molecule has 1 aromatic heterocycles. The summed E-state index contributed by atoms with van der Waals surface area (Å²) in [4.78, 5) is 29.0. The molecule has 1 heterocycles. The second kappa shape index (κ2) is 9.44. The minimum absolute atomic E-state index is 0.0707. The average molecular weight is 386 g/mol. The molecule has 152 valence electrons. The van der Waals surface area contributed by atoms with Gasteiger partial charge in [0.2, 0.25) is 5.91 Å². The summed E-state index contributed by atoms with van der Waals surface area (Å²) < 4.78 is 5.15. The fourth-order valence-electron chi connectivity index (χ4n) is 3.01. The SMILES string of the molecule is CC[C@@H](C)N(Cc1cc(NC(=O)c2ccco2)ccc1N(C)C)C(=O)C(C)C. The lowest BCUT2D eigenvalue weighted by Gasteiger charge is -2.32. The van der Waals surface area contributed by atoms with Crippen LogP contribution in [0.15, 0.2) is 41.0 Å². The molecule has 28 heavy (non-hydrogen) atoms. The summed E-state index contributed by atoms with van der Waals surface area (Å²) in [5.41, 5.74) is 2.67. The molecule has 0 radical (unpaired) electrons. The molecule has 0 aliphatic carbocycles. The summed E-state index contributed by atoms with van der Waals surface area (Å²) in [6.07, 6.45) is 2.35. The Bertz CT molecular complexity index is 797. The fraction of sp³-hybridized carbons (Fsp3) is 0.455. The third-order valence-corrected chi connectivity index (χ3v) is 4.80. The Labute approximate surface area is 167 Å². The number of nitrogens with one attached hydrogen (secondary N) is 1. The Morgan fingerprint density at radius 2 is 1.86 bits per heavy atom. The van der Waals surface area contributed by atoms with Gasteiger partial charge >= 0.3 is 0 Å². The van der Waals surface area contributed by atoms with Crippen LogP contribution in [-0.4, -0.2) is 36.9 Å². The Kier molecular flexibility index (Phi) is 7.26. The van der Waals surface area contributed by atoms with Crippen molar-refractivity contribution in [3.63, 3.8) is 0 Å². The number of carbonyl (C=O) groups is 2. The summed E-state index contributed by atoms with van der Waals surface area (Å²) in [5.74, 6) is 0.0165. The first-order valence-corrected chi connectivity index (χ1v) is 9.70. The fourth-order valence-corrected chi connectivity index (χ4v) is 3.01. The van der Waals surface area contributed by atoms with Crippen molar-refractivity contribution in [2.45, 2.75) is 46.7 Å². The van der Waals surface area contributed by atoms with Crippen molar-refractivity contribution < 1.29 is 14.0 Å². The second-order valence-electron chi connectivity index (χ2n) is 7.55. The van der Waals surface area contributed by atoms with Crippen LogP contribution in [0.5, 0.6) is 0 Å². The summed E-state index contributed by atoms with van der Waals surface area (Å²) in [7, 11) is 3.94. The minimum atomic E-state index is -0.300. The predicted octanol–water partition coefficient (Wildman–Crippen LogP) is 4.38. The van der Waals surface area contributed by atoms with Crippen molar-refractivity contribution in [1.82, 2.24) is 4.90 Å². The molecule has 0 aliphatic rings. The Morgan fingerprint density at radius 1 is 1.14 bits per heavy atom. The molecule has 0 unspecified atom stereocenters. The van der Waals surface area contributed by atoms with Gasteiger partial charge in [-0.2, -0.15) is 0 Å². The lowest BCUT2D eigenvalue weighted by molar-refractivity contribution is -0.137. The van der Waals surface area contributed by atoms with E-state index in [1.54, 1.807) is 12.1 Å². The molecule has 6 nitrogen and oxygen atoms in total. The number of anilines is 2. The normalized spacial score (nSPS) is 12.0. The number of hydrogen-bond acceptors (Lipinski definition) is 4. The lowest BCUT2D eigenvalue weighted by Crippen LogP contribution is -2.40. The number of nitrogens with zero attached hydrogens (tertiary/aromatic N) is 2. The van der Waals surface area contributed by atoms with E-state index in [-0.39, 0.29) is 29.5 Å². The maximum atomic E-state index is 12.8. The smallest absolute Gasteiger partial charge is 0.291 e. The molecule has 1 aromatic carbocycles. The van der Waals surface area contributed by atoms with Crippen molar-refractivity contribution in [3.8, 4) is 0 Å². The van der Waals surface area contributed by atoms with E-state index < -0.39 is 0 Å². The predicted molar refractivity (Wildman–Crippen MR) is 113 cm³/mol. The molecule has 0 fully saturated rings. The average Bonchev–Trinajstić information content (AvgIpc) is 3.19. The molecular formula is C22H31N3O3. The third kappa shape index (κ3) is 5.15. The van der Waals surface area contributed by atoms with Crippen LogP contribution in [0.2, 0.25) is 0 Å². The summed E-state index contributed by atoms with van der Waals surface area (Å²) in [6.45, 7) is 8.48. The van der Waals surface area contributed by atoms with E-state index in [2.05, 4.69) is 19.2 Å². The van der Waals surface area contributed by atoms with Crippen LogP contribution >= 0.6 is 0 Å². The molecule has 2 amide bonds. The first-order chi connectivity index (χ1) is 13.2. The quantitative estimate of drug-likeness (QED) is 0.732. The van der Waals surface area contributed by atoms with E-state index >= 15 is 0 Å². The molecular weight excluding hydrogens is 354 g/mol. The maximum Gasteiger partial charge on any atom is 0.291 e. The summed E-state index contributed by atoms with van der Waals surface area (Å²) >= 11 is 0. The maximum absolute atomic E-state index is 12.8. The van der Waals surface area contributed by atoms with Crippen LogP contribution in [-0.2, 0) is 11.3 Å². The standard InChI is InChI=1S/C22H31N3O3/c1-7-16(4)25(22(27)15(2)3)14-17-13-18(10-11-19(17)24(5)6)23-21(26)20-9-8-12-28-20/h8-13,15-16H,7,14H2,1-6H3,(H,23,26)/t16-/m1/s1. The number of rotatable bonds is 8. The van der Waals surface area contributed by atoms with Gasteiger partial charge in [-0.15, -0.1) is 0 Å². The van der Waals surface area contributed by atoms with E-state index in [0.29, 0.717) is 12.2 Å². The van der Waals surface area contributed by atoms with Gasteiger partial charge in [0.25, 0.3) is 5.91 Å². The molecule has 0 aliphatic heterocycles. The molecule has 1 atom stereocenters. The summed E-state index contributed by atoms with van der Waals surface area (Å²) in [5, 5.41) is 2.86. The van der Waals surface area contributed by atoms with Crippen LogP contribution < -0.4 is 10.2 Å². The molecule has 0 spiro atoms. The van der Waals surface area contributed by atoms with Gasteiger partial charge in [0, 0.05) is 44.0 Å². The molecule has 2 rings (SSSR count). The zero-order valence-electron chi connectivity index (χ0n) is 17.7.